The molecule has 2 rings (SSSR count). The predicted octanol–water partition coefficient (Wildman–Crippen LogP) is -8.77. The second-order valence-electron chi connectivity index (χ2n) is 30.6. The number of likely N-dealkylation sites (tertiary alicyclic amines) is 1. The molecule has 125 heavy (non-hydrogen) atoms. The van der Waals surface area contributed by atoms with Crippen LogP contribution in [0.3, 0.4) is 0 Å². The third-order valence-electron chi connectivity index (χ3n) is 19.2. The fourth-order valence-corrected chi connectivity index (χ4v) is 12.7. The van der Waals surface area contributed by atoms with Gasteiger partial charge in [0, 0.05) is 57.4 Å². The zero-order chi connectivity index (χ0) is 94.5. The smallest absolute Gasteiger partial charge is 0.326 e. The number of nitrogens with zero attached hydrogens (tertiary/aromatic N) is 2. The lowest BCUT2D eigenvalue weighted by molar-refractivity contribution is -0.144. The summed E-state index contributed by atoms with van der Waals surface area (Å²) in [5, 5.41) is 110. The number of aliphatic imine (C=N–C) groups is 1. The topological polar surface area (TPSA) is 805 Å². The van der Waals surface area contributed by atoms with E-state index in [1.807, 2.05) is 5.32 Å². The molecule has 0 spiro atoms. The van der Waals surface area contributed by atoms with Gasteiger partial charge in [-0.3, -0.25) is 96.1 Å². The largest absolute Gasteiger partial charge is 0.481 e. The molecule has 1 aromatic rings. The molecule has 0 bridgehead atoms. The molecule has 1 aliphatic rings. The van der Waals surface area contributed by atoms with Gasteiger partial charge in [-0.1, -0.05) is 58.0 Å². The number of aliphatic hydroxyl groups is 3. The number of unbranched alkanes of at least 4 members (excludes halogenated alkanes) is 1. The summed E-state index contributed by atoms with van der Waals surface area (Å²) >= 11 is 4.10. The Morgan fingerprint density at radius 2 is 0.784 bits per heavy atom. The van der Waals surface area contributed by atoms with E-state index in [2.05, 4.69) is 81.4 Å². The average Bonchev–Trinajstić information content (AvgIpc) is 1.75. The Kier molecular flexibility index (Phi) is 49.5. The van der Waals surface area contributed by atoms with Gasteiger partial charge >= 0.3 is 29.8 Å². The van der Waals surface area contributed by atoms with E-state index in [-0.39, 0.29) is 89.1 Å². The predicted molar refractivity (Wildman–Crippen MR) is 443 cm³/mol. The van der Waals surface area contributed by atoms with E-state index in [1.165, 1.54) is 4.90 Å². The van der Waals surface area contributed by atoms with Gasteiger partial charge in [0.05, 0.1) is 25.4 Å². The molecule has 1 aliphatic heterocycles. The first kappa shape index (κ1) is 109. The lowest BCUT2D eigenvalue weighted by atomic mass is 10.0. The minimum absolute atomic E-state index is 0.0263. The minimum atomic E-state index is -2.16. The second kappa shape index (κ2) is 56.7. The van der Waals surface area contributed by atoms with Gasteiger partial charge in [-0.25, -0.2) is 4.79 Å². The van der Waals surface area contributed by atoms with Crippen LogP contribution in [0.4, 0.5) is 0 Å². The normalized spacial score (nSPS) is 15.9. The van der Waals surface area contributed by atoms with Gasteiger partial charge in [-0.15, -0.1) is 0 Å². The van der Waals surface area contributed by atoms with E-state index in [4.69, 9.17) is 33.8 Å². The molecular formula is C76H122N20O28S. The second-order valence-corrected chi connectivity index (χ2v) is 30.9. The number of nitrogens with one attached hydrogen (secondary N) is 13. The van der Waals surface area contributed by atoms with Gasteiger partial charge in [0.25, 0.3) is 0 Å². The number of carboxylic acid groups (broad SMARTS) is 5. The monoisotopic (exact) mass is 1790 g/mol. The molecule has 1 fully saturated rings. The van der Waals surface area contributed by atoms with Crippen LogP contribution in [0.25, 0.3) is 0 Å². The van der Waals surface area contributed by atoms with Crippen LogP contribution >= 0.6 is 12.6 Å². The number of aliphatic carboxylic acids is 5. The van der Waals surface area contributed by atoms with Crippen molar-refractivity contribution in [1.82, 2.24) is 74.0 Å². The van der Waals surface area contributed by atoms with Crippen LogP contribution in [0, 0.1) is 11.8 Å². The number of hydrogen-bond acceptors (Lipinski definition) is 27. The molecule has 1 saturated heterocycles. The highest BCUT2D eigenvalue weighted by molar-refractivity contribution is 7.80. The highest BCUT2D eigenvalue weighted by Gasteiger charge is 2.42. The maximum absolute atomic E-state index is 14.7. The van der Waals surface area contributed by atoms with Crippen molar-refractivity contribution in [2.75, 3.05) is 38.6 Å². The number of primary amides is 1. The fourth-order valence-electron chi connectivity index (χ4n) is 12.6. The molecule has 16 atom stereocenters. The van der Waals surface area contributed by atoms with E-state index < -0.39 is 304 Å². The van der Waals surface area contributed by atoms with Crippen LogP contribution < -0.4 is 97.8 Å². The summed E-state index contributed by atoms with van der Waals surface area (Å²) in [6.07, 6.45) is -9.44. The molecule has 1 aromatic carbocycles. The molecule has 15 amide bonds. The van der Waals surface area contributed by atoms with Crippen LogP contribution in [0.2, 0.25) is 0 Å². The molecular weight excluding hydrogens is 1670 g/mol. The number of hydrogen-bond donors (Lipinski definition) is 27. The maximum atomic E-state index is 14.7. The van der Waals surface area contributed by atoms with Crippen molar-refractivity contribution in [3.8, 4) is 0 Å². The molecule has 1 heterocycles. The highest BCUT2D eigenvalue weighted by atomic mass is 32.1. The van der Waals surface area contributed by atoms with Crippen molar-refractivity contribution in [1.29, 1.82) is 0 Å². The minimum Gasteiger partial charge on any atom is -0.481 e. The molecule has 0 saturated carbocycles. The standard InChI is InChI=1S/C76H122N20O28S/c1-37(2)31-49(90-64(112)45(19-24-56(101)102)84-63(111)44(18-23-55(79)100)85-69(117)51(33-40-13-7-6-8-14-40)91-61(109)43(16-11-29-82-76(80)81)88-72(120)54-17-12-30-96(54)74(122)41(78)36-125)67(115)86-46(20-25-57(103)104)65(113)94-52(34-97)70(118)87-47(21-26-58(105)106)66(114)95-60(39(5)99)73(121)92-50(32-38(3)4)68(116)83-42(15-9-10-28-77)62(110)93-53(35-98)71(119)89-48(75(123)124)22-27-59(107)108/h6-8,13-14,37-39,41-54,60,97-99,125H,9-12,15-36,77-78H2,1-5H3,(H2,79,100)(H,83,116)(H,84,111)(H,85,117)(H,86,115)(H,87,118)(H,88,120)(H,89,119)(H,90,112)(H,91,109)(H,92,121)(H,93,110)(H,94,113)(H,95,114)(H,101,102)(H,103,104)(H,105,106)(H,107,108)(H,123,124)(H4,80,81,82)/t39-,41+,42+,43+,44+,45+,46+,47+,48+,49+,50+,51+,52+,53+,54+,60+/m1/s1. The number of aliphatic hydroxyl groups excluding tert-OH is 3. The van der Waals surface area contributed by atoms with Crippen molar-refractivity contribution in [3.63, 3.8) is 0 Å². The molecule has 0 radical (unpaired) electrons. The maximum Gasteiger partial charge on any atom is 0.326 e. The number of benzene rings is 1. The van der Waals surface area contributed by atoms with Crippen molar-refractivity contribution in [2.24, 2.45) is 45.5 Å². The molecule has 49 heteroatoms. The fraction of sp³-hybridized carbons (Fsp3) is 0.645. The lowest BCUT2D eigenvalue weighted by Gasteiger charge is -2.29. The number of amides is 15. The number of carboxylic acids is 5. The summed E-state index contributed by atoms with van der Waals surface area (Å²) in [6, 6.07) is -17.7. The summed E-state index contributed by atoms with van der Waals surface area (Å²) in [7, 11) is 0. The quantitative estimate of drug-likeness (QED) is 0.0125. The molecule has 31 N–H and O–H groups in total. The Balaban J connectivity index is 2.55. The molecule has 48 nitrogen and oxygen atoms in total. The number of carbonyl (C=O) groups excluding carboxylic acids is 15. The van der Waals surface area contributed by atoms with E-state index in [0.29, 0.717) is 12.0 Å². The van der Waals surface area contributed by atoms with Gasteiger partial charge < -0.3 is 144 Å². The van der Waals surface area contributed by atoms with E-state index >= 15 is 0 Å². The van der Waals surface area contributed by atoms with Gasteiger partial charge in [0.1, 0.15) is 84.6 Å². The number of nitrogens with two attached hydrogens (primary N) is 5. The first-order chi connectivity index (χ1) is 58.8. The van der Waals surface area contributed by atoms with Crippen LogP contribution in [0.15, 0.2) is 35.3 Å². The Labute approximate surface area is 724 Å². The highest BCUT2D eigenvalue weighted by Crippen LogP contribution is 2.21. The first-order valence-electron chi connectivity index (χ1n) is 40.5. The number of carbonyl (C=O) groups is 20. The van der Waals surface area contributed by atoms with Gasteiger partial charge in [-0.05, 0) is 121 Å². The Morgan fingerprint density at radius 1 is 0.440 bits per heavy atom. The van der Waals surface area contributed by atoms with Crippen LogP contribution in [-0.4, -0.2) is 305 Å². The van der Waals surface area contributed by atoms with Crippen molar-refractivity contribution < 1.29 is 137 Å². The Hall–Kier alpha value is -12.0. The summed E-state index contributed by atoms with van der Waals surface area (Å²) < 4.78 is 0. The third kappa shape index (κ3) is 41.4. The molecule has 0 unspecified atom stereocenters. The summed E-state index contributed by atoms with van der Waals surface area (Å²) in [6.45, 7) is 5.11. The van der Waals surface area contributed by atoms with Crippen molar-refractivity contribution in [3.05, 3.63) is 35.9 Å². The number of rotatable bonds is 61. The summed E-state index contributed by atoms with van der Waals surface area (Å²) in [5.41, 5.74) is 28.6. The zero-order valence-electron chi connectivity index (χ0n) is 70.1. The van der Waals surface area contributed by atoms with E-state index in [0.717, 1.165) is 6.92 Å². The first-order valence-corrected chi connectivity index (χ1v) is 41.1. The summed E-state index contributed by atoms with van der Waals surface area (Å²) in [4.78, 5) is 274. The van der Waals surface area contributed by atoms with Gasteiger partial charge in [0.15, 0.2) is 5.96 Å². The SMILES string of the molecule is CC(C)C[C@H](NC(=O)[C@H](CCC(=O)O)NC(=O)[C@H](CCC(N)=O)NC(=O)[C@H](Cc1ccccc1)NC(=O)[C@H](CCCN=C(N)N)NC(=O)[C@@H]1CCCN1C(=O)[C@@H](N)CS)C(=O)N[C@@H](CCC(=O)O)C(=O)N[C@@H](CO)C(=O)N[C@@H](CCC(=O)O)C(=O)N[C@H](C(=O)N[C@@H](CC(C)C)C(=O)N[C@@H](CCCCN)C(=O)N[C@@H](CO)C(=O)N[C@@H](CCC(=O)O)C(=O)O)[C@@H](C)O. The van der Waals surface area contributed by atoms with Crippen LogP contribution in [-0.2, 0) is 102 Å². The molecule has 0 aliphatic carbocycles. The van der Waals surface area contributed by atoms with Gasteiger partial charge in [0.2, 0.25) is 88.6 Å². The Bertz CT molecular complexity index is 3900. The molecule has 0 aromatic heterocycles. The van der Waals surface area contributed by atoms with Crippen molar-refractivity contribution in [2.45, 2.75) is 260 Å². The Morgan fingerprint density at radius 3 is 1.17 bits per heavy atom. The number of thiol groups is 1. The third-order valence-corrected chi connectivity index (χ3v) is 19.6. The van der Waals surface area contributed by atoms with Crippen LogP contribution in [0.1, 0.15) is 162 Å². The van der Waals surface area contributed by atoms with Crippen molar-refractivity contribution >= 4 is 137 Å². The molecule has 700 valence electrons. The number of guanidine groups is 1. The van der Waals surface area contributed by atoms with Crippen LogP contribution in [0.5, 0.6) is 0 Å². The van der Waals surface area contributed by atoms with E-state index in [1.54, 1.807) is 58.0 Å². The lowest BCUT2D eigenvalue weighted by Crippen LogP contribution is -2.62. The zero-order valence-corrected chi connectivity index (χ0v) is 71.0. The average molecular weight is 1800 g/mol. The van der Waals surface area contributed by atoms with E-state index in [9.17, 15) is 132 Å². The summed E-state index contributed by atoms with van der Waals surface area (Å²) in [5.74, 6) is -26.1. The van der Waals surface area contributed by atoms with Gasteiger partial charge in [-0.2, -0.15) is 12.6 Å².